The van der Waals surface area contributed by atoms with E-state index in [1.54, 1.807) is 0 Å². The number of rotatable bonds is 3. The van der Waals surface area contributed by atoms with E-state index >= 15 is 0 Å². The van der Waals surface area contributed by atoms with Crippen molar-refractivity contribution in [2.45, 2.75) is 11.9 Å². The summed E-state index contributed by atoms with van der Waals surface area (Å²) in [5.41, 5.74) is 0. The Morgan fingerprint density at radius 2 is 1.58 bits per heavy atom. The summed E-state index contributed by atoms with van der Waals surface area (Å²) in [6, 6.07) is 0. The van der Waals surface area contributed by atoms with Gasteiger partial charge in [0.2, 0.25) is 0 Å². The quantitative estimate of drug-likeness (QED) is 0.276. The van der Waals surface area contributed by atoms with Crippen molar-refractivity contribution in [2.75, 3.05) is 0 Å². The summed E-state index contributed by atoms with van der Waals surface area (Å²) >= 11 is 0. The molecule has 5 N–H and O–H groups in total. The van der Waals surface area contributed by atoms with Crippen LogP contribution >= 0.6 is 7.60 Å². The molecule has 12 heavy (non-hydrogen) atoms. The maximum atomic E-state index is 10.1. The fourth-order valence-electron chi connectivity index (χ4n) is 0.311. The standard InChI is InChI=1S/C3H7O7P.Ba.2H/c4-1(2(5)6)3(7)11(8,9)10;;;/h1,3-4,7H,(H,5,6)(H2,8,9,10);;;. The molecule has 9 heteroatoms. The predicted molar refractivity (Wildman–Crippen MR) is 40.2 cm³/mol. The SMILES string of the molecule is O=C(O)C(O)C(O)P(=O)(O)O.[BaH2]. The predicted octanol–water partition coefficient (Wildman–Crippen LogP) is -2.99. The molecule has 2 unspecified atom stereocenters. The van der Waals surface area contributed by atoms with E-state index in [1.807, 2.05) is 0 Å². The number of carbonyl (C=O) groups is 1. The summed E-state index contributed by atoms with van der Waals surface area (Å²) in [5.74, 6) is -4.46. The third kappa shape index (κ3) is 4.97. The molecule has 0 fully saturated rings. The molecule has 0 spiro atoms. The Kier molecular flexibility index (Phi) is 7.48. The molecule has 2 atom stereocenters. The molecule has 0 saturated carbocycles. The minimum absolute atomic E-state index is 0. The van der Waals surface area contributed by atoms with Gasteiger partial charge in [0.15, 0.2) is 11.9 Å². The fourth-order valence-corrected chi connectivity index (χ4v) is 0.807. The molecule has 7 nitrogen and oxygen atoms in total. The van der Waals surface area contributed by atoms with Gasteiger partial charge in [0, 0.05) is 0 Å². The Bertz CT molecular complexity index is 199. The molecule has 0 saturated heterocycles. The summed E-state index contributed by atoms with van der Waals surface area (Å²) < 4.78 is 10.1. The maximum absolute atomic E-state index is 10.1. The average molecular weight is 325 g/mol. The van der Waals surface area contributed by atoms with Crippen LogP contribution in [0, 0.1) is 0 Å². The van der Waals surface area contributed by atoms with Crippen molar-refractivity contribution in [3.05, 3.63) is 0 Å². The van der Waals surface area contributed by atoms with Gasteiger partial charge >= 0.3 is 62.4 Å². The van der Waals surface area contributed by atoms with Crippen LogP contribution in [0.4, 0.5) is 0 Å². The molecule has 0 aromatic rings. The Morgan fingerprint density at radius 1 is 1.25 bits per heavy atom. The third-order valence-corrected chi connectivity index (χ3v) is 1.85. The second-order valence-corrected chi connectivity index (χ2v) is 3.49. The summed E-state index contributed by atoms with van der Waals surface area (Å²) in [6.07, 6.45) is -2.46. The van der Waals surface area contributed by atoms with Gasteiger partial charge in [-0.2, -0.15) is 0 Å². The van der Waals surface area contributed by atoms with Gasteiger partial charge in [0.05, 0.1) is 0 Å². The zero-order chi connectivity index (χ0) is 9.23. The molecule has 0 amide bonds. The van der Waals surface area contributed by atoms with Crippen LogP contribution in [0.2, 0.25) is 0 Å². The molecule has 0 aromatic heterocycles. The zero-order valence-corrected chi connectivity index (χ0v) is 6.05. The number of carboxylic acids is 1. The summed E-state index contributed by atoms with van der Waals surface area (Å²) in [6.45, 7) is 0. The van der Waals surface area contributed by atoms with Crippen molar-refractivity contribution in [1.29, 1.82) is 0 Å². The molecule has 70 valence electrons. The summed E-state index contributed by atoms with van der Waals surface area (Å²) in [7, 11) is -4.94. The van der Waals surface area contributed by atoms with E-state index in [0.717, 1.165) is 0 Å². The molecule has 0 aliphatic carbocycles. The summed E-state index contributed by atoms with van der Waals surface area (Å²) in [4.78, 5) is 26.1. The molecular weight excluding hydrogens is 316 g/mol. The molecule has 0 radical (unpaired) electrons. The van der Waals surface area contributed by atoms with Crippen molar-refractivity contribution >= 4 is 62.4 Å². The molecule has 0 bridgehead atoms. The van der Waals surface area contributed by atoms with Gasteiger partial charge in [-0.3, -0.25) is 4.57 Å². The summed E-state index contributed by atoms with van der Waals surface area (Å²) in [5, 5.41) is 24.8. The number of hydrogen-bond donors (Lipinski definition) is 5. The van der Waals surface area contributed by atoms with Crippen LogP contribution in [-0.2, 0) is 9.36 Å². The van der Waals surface area contributed by atoms with E-state index in [0.29, 0.717) is 0 Å². The van der Waals surface area contributed by atoms with Crippen LogP contribution in [0.15, 0.2) is 0 Å². The van der Waals surface area contributed by atoms with Crippen LogP contribution in [0.25, 0.3) is 0 Å². The number of carboxylic acid groups (broad SMARTS) is 1. The molecule has 0 aromatic carbocycles. The van der Waals surface area contributed by atoms with Gasteiger partial charge < -0.3 is 25.1 Å². The molecule has 0 aliphatic rings. The van der Waals surface area contributed by atoms with Crippen molar-refractivity contribution in [3.8, 4) is 0 Å². The van der Waals surface area contributed by atoms with Crippen LogP contribution in [0.1, 0.15) is 0 Å². The van der Waals surface area contributed by atoms with Crippen molar-refractivity contribution in [2.24, 2.45) is 0 Å². The Hall–Kier alpha value is 1.11. The monoisotopic (exact) mass is 326 g/mol. The van der Waals surface area contributed by atoms with Gasteiger partial charge in [0.1, 0.15) is 0 Å². The second-order valence-electron chi connectivity index (χ2n) is 1.79. The fraction of sp³-hybridized carbons (Fsp3) is 0.667. The van der Waals surface area contributed by atoms with Gasteiger partial charge in [-0.05, 0) is 0 Å². The molecule has 0 rings (SSSR count). The van der Waals surface area contributed by atoms with Gasteiger partial charge in [-0.25, -0.2) is 4.79 Å². The first kappa shape index (κ1) is 15.6. The number of aliphatic hydroxyl groups excluding tert-OH is 2. The van der Waals surface area contributed by atoms with E-state index in [4.69, 9.17) is 25.1 Å². The number of aliphatic carboxylic acids is 1. The van der Waals surface area contributed by atoms with Crippen LogP contribution in [0.3, 0.4) is 0 Å². The minimum atomic E-state index is -4.94. The number of hydrogen-bond acceptors (Lipinski definition) is 4. The van der Waals surface area contributed by atoms with Gasteiger partial charge in [-0.15, -0.1) is 0 Å². The van der Waals surface area contributed by atoms with Gasteiger partial charge in [-0.1, -0.05) is 0 Å². The van der Waals surface area contributed by atoms with E-state index in [1.165, 1.54) is 0 Å². The first-order valence-corrected chi connectivity index (χ1v) is 4.09. The van der Waals surface area contributed by atoms with E-state index in [9.17, 15) is 9.36 Å². The molecule has 0 heterocycles. The van der Waals surface area contributed by atoms with E-state index in [2.05, 4.69) is 0 Å². The van der Waals surface area contributed by atoms with Crippen LogP contribution in [-0.4, -0.2) is 91.9 Å². The van der Waals surface area contributed by atoms with Crippen molar-refractivity contribution < 1.29 is 34.5 Å². The van der Waals surface area contributed by atoms with Crippen molar-refractivity contribution in [1.82, 2.24) is 0 Å². The average Bonchev–Trinajstić information content (AvgIpc) is 1.82. The third-order valence-electron chi connectivity index (χ3n) is 0.880. The van der Waals surface area contributed by atoms with E-state index in [-0.39, 0.29) is 48.9 Å². The Labute approximate surface area is 108 Å². The number of aliphatic hydroxyl groups is 2. The first-order valence-electron chi connectivity index (χ1n) is 2.41. The molecular formula is C3H9BaO7P. The topological polar surface area (TPSA) is 135 Å². The van der Waals surface area contributed by atoms with Crippen LogP contribution in [0.5, 0.6) is 0 Å². The molecule has 0 aliphatic heterocycles. The van der Waals surface area contributed by atoms with Crippen LogP contribution < -0.4 is 0 Å². The van der Waals surface area contributed by atoms with Gasteiger partial charge in [0.25, 0.3) is 0 Å². The normalized spacial score (nSPS) is 16.0. The zero-order valence-electron chi connectivity index (χ0n) is 5.15. The Morgan fingerprint density at radius 3 is 1.67 bits per heavy atom. The second kappa shape index (κ2) is 5.76. The first-order chi connectivity index (χ1) is 4.76. The van der Waals surface area contributed by atoms with Crippen molar-refractivity contribution in [3.63, 3.8) is 0 Å². The van der Waals surface area contributed by atoms with E-state index < -0.39 is 25.5 Å². The Balaban J connectivity index is 0.